The van der Waals surface area contributed by atoms with Crippen LogP contribution in [-0.4, -0.2) is 14.6 Å². The molecule has 1 fully saturated rings. The molecule has 0 radical (unpaired) electrons. The number of hydrogen-bond donors (Lipinski definition) is 0. The van der Waals surface area contributed by atoms with Crippen molar-refractivity contribution in [2.75, 3.05) is 0 Å². The van der Waals surface area contributed by atoms with E-state index in [2.05, 4.69) is 23.1 Å². The molecule has 3 rings (SSSR count). The predicted octanol–water partition coefficient (Wildman–Crippen LogP) is 2.17. The number of aryl methyl sites for hydroxylation is 1. The Bertz CT molecular complexity index is 468. The van der Waals surface area contributed by atoms with Crippen LogP contribution in [-0.2, 0) is 6.42 Å². The van der Waals surface area contributed by atoms with Crippen molar-refractivity contribution >= 4 is 5.65 Å². The molecule has 0 saturated heterocycles. The Balaban J connectivity index is 2.20. The molecule has 3 heteroatoms. The van der Waals surface area contributed by atoms with Gasteiger partial charge in [0.05, 0.1) is 5.69 Å². The molecule has 1 aliphatic carbocycles. The van der Waals surface area contributed by atoms with E-state index in [0.29, 0.717) is 5.92 Å². The number of hydrogen-bond acceptors (Lipinski definition) is 2. The van der Waals surface area contributed by atoms with Gasteiger partial charge in [-0.25, -0.2) is 9.50 Å². The Labute approximate surface area is 82.8 Å². The average Bonchev–Trinajstić information content (AvgIpc) is 2.97. The minimum atomic E-state index is 0.710. The van der Waals surface area contributed by atoms with Crippen LogP contribution < -0.4 is 0 Å². The normalized spacial score (nSPS) is 16.4. The first-order chi connectivity index (χ1) is 6.88. The Morgan fingerprint density at radius 3 is 3.07 bits per heavy atom. The second-order valence-electron chi connectivity index (χ2n) is 3.90. The van der Waals surface area contributed by atoms with E-state index in [-0.39, 0.29) is 0 Å². The Hall–Kier alpha value is -1.38. The van der Waals surface area contributed by atoms with Gasteiger partial charge in [-0.1, -0.05) is 6.92 Å². The Morgan fingerprint density at radius 2 is 2.36 bits per heavy atom. The highest BCUT2D eigenvalue weighted by atomic mass is 15.3. The lowest BCUT2D eigenvalue weighted by Crippen LogP contribution is -1.98. The van der Waals surface area contributed by atoms with Gasteiger partial charge in [0, 0.05) is 23.9 Å². The summed E-state index contributed by atoms with van der Waals surface area (Å²) in [6, 6.07) is 4.16. The zero-order chi connectivity index (χ0) is 9.54. The van der Waals surface area contributed by atoms with Crippen LogP contribution in [0.4, 0.5) is 0 Å². The molecule has 0 amide bonds. The van der Waals surface area contributed by atoms with Crippen LogP contribution in [0.5, 0.6) is 0 Å². The summed E-state index contributed by atoms with van der Waals surface area (Å²) >= 11 is 0. The first-order valence-corrected chi connectivity index (χ1v) is 5.22. The topological polar surface area (TPSA) is 30.2 Å². The number of aromatic nitrogens is 3. The molecule has 1 saturated carbocycles. The zero-order valence-electron chi connectivity index (χ0n) is 8.27. The lowest BCUT2D eigenvalue weighted by atomic mass is 10.3. The third-order valence-electron chi connectivity index (χ3n) is 2.81. The molecule has 0 atom stereocenters. The van der Waals surface area contributed by atoms with Gasteiger partial charge in [0.15, 0.2) is 5.65 Å². The lowest BCUT2D eigenvalue weighted by Gasteiger charge is -1.98. The molecule has 3 nitrogen and oxygen atoms in total. The molecule has 0 aliphatic heterocycles. The molecule has 0 unspecified atom stereocenters. The van der Waals surface area contributed by atoms with Crippen LogP contribution in [0, 0.1) is 0 Å². The van der Waals surface area contributed by atoms with Gasteiger partial charge in [0.1, 0.15) is 0 Å². The van der Waals surface area contributed by atoms with Crippen molar-refractivity contribution in [3.05, 3.63) is 29.7 Å². The molecule has 1 aliphatic rings. The highest BCUT2D eigenvalue weighted by molar-refractivity contribution is 5.41. The maximum absolute atomic E-state index is 4.60. The molecule has 14 heavy (non-hydrogen) atoms. The quantitative estimate of drug-likeness (QED) is 0.721. The molecule has 2 heterocycles. The smallest absolute Gasteiger partial charge is 0.155 e. The molecule has 0 spiro atoms. The van der Waals surface area contributed by atoms with Gasteiger partial charge in [-0.2, -0.15) is 5.10 Å². The average molecular weight is 187 g/mol. The van der Waals surface area contributed by atoms with Gasteiger partial charge in [-0.05, 0) is 25.3 Å². The minimum Gasteiger partial charge on any atom is -0.237 e. The van der Waals surface area contributed by atoms with Crippen LogP contribution in [0.3, 0.4) is 0 Å². The van der Waals surface area contributed by atoms with E-state index in [1.807, 2.05) is 16.8 Å². The fourth-order valence-corrected chi connectivity index (χ4v) is 1.81. The highest BCUT2D eigenvalue weighted by Gasteiger charge is 2.26. The monoisotopic (exact) mass is 187 g/mol. The van der Waals surface area contributed by atoms with E-state index >= 15 is 0 Å². The largest absolute Gasteiger partial charge is 0.237 e. The molecule has 72 valence electrons. The van der Waals surface area contributed by atoms with Crippen molar-refractivity contribution in [1.82, 2.24) is 14.6 Å². The third kappa shape index (κ3) is 1.12. The van der Waals surface area contributed by atoms with Crippen LogP contribution >= 0.6 is 0 Å². The summed E-state index contributed by atoms with van der Waals surface area (Å²) in [5, 5.41) is 4.60. The van der Waals surface area contributed by atoms with Crippen molar-refractivity contribution in [1.29, 1.82) is 0 Å². The van der Waals surface area contributed by atoms with Crippen molar-refractivity contribution in [2.45, 2.75) is 32.1 Å². The molecular formula is C11H13N3. The van der Waals surface area contributed by atoms with Crippen molar-refractivity contribution in [3.63, 3.8) is 0 Å². The van der Waals surface area contributed by atoms with Gasteiger partial charge < -0.3 is 0 Å². The number of nitrogens with zero attached hydrogens (tertiary/aromatic N) is 3. The van der Waals surface area contributed by atoms with E-state index in [0.717, 1.165) is 12.1 Å². The summed E-state index contributed by atoms with van der Waals surface area (Å²) in [4.78, 5) is 4.32. The van der Waals surface area contributed by atoms with Gasteiger partial charge in [-0.3, -0.25) is 0 Å². The number of fused-ring (bicyclic) bond motifs is 1. The lowest BCUT2D eigenvalue weighted by molar-refractivity contribution is 0.820. The van der Waals surface area contributed by atoms with E-state index < -0.39 is 0 Å². The Morgan fingerprint density at radius 1 is 1.50 bits per heavy atom. The summed E-state index contributed by atoms with van der Waals surface area (Å²) in [7, 11) is 0. The second kappa shape index (κ2) is 2.80. The standard InChI is InChI=1S/C11H13N3/c1-2-9-5-6-12-11-7-10(8-3-4-8)13-14(9)11/h5-8H,2-4H2,1H3. The molecule has 2 aromatic rings. The highest BCUT2D eigenvalue weighted by Crippen LogP contribution is 2.39. The van der Waals surface area contributed by atoms with E-state index in [4.69, 9.17) is 0 Å². The first kappa shape index (κ1) is 7.97. The number of rotatable bonds is 2. The summed E-state index contributed by atoms with van der Waals surface area (Å²) in [5.74, 6) is 0.710. The SMILES string of the molecule is CCc1ccnc2cc(C3CC3)nn12. The van der Waals surface area contributed by atoms with Crippen LogP contribution in [0.25, 0.3) is 5.65 Å². The van der Waals surface area contributed by atoms with E-state index in [1.54, 1.807) is 0 Å². The molecule has 2 aromatic heterocycles. The zero-order valence-corrected chi connectivity index (χ0v) is 8.27. The summed E-state index contributed by atoms with van der Waals surface area (Å²) in [6.07, 6.45) is 5.47. The summed E-state index contributed by atoms with van der Waals surface area (Å²) < 4.78 is 1.98. The van der Waals surface area contributed by atoms with Gasteiger partial charge in [0.2, 0.25) is 0 Å². The predicted molar refractivity (Wildman–Crippen MR) is 54.3 cm³/mol. The van der Waals surface area contributed by atoms with Crippen molar-refractivity contribution < 1.29 is 0 Å². The minimum absolute atomic E-state index is 0.710. The third-order valence-corrected chi connectivity index (χ3v) is 2.81. The first-order valence-electron chi connectivity index (χ1n) is 5.22. The van der Waals surface area contributed by atoms with Gasteiger partial charge >= 0.3 is 0 Å². The van der Waals surface area contributed by atoms with E-state index in [1.165, 1.54) is 24.2 Å². The molecule has 0 N–H and O–H groups in total. The van der Waals surface area contributed by atoms with Crippen LogP contribution in [0.15, 0.2) is 18.3 Å². The Kier molecular flexibility index (Phi) is 1.60. The van der Waals surface area contributed by atoms with Crippen molar-refractivity contribution in [3.8, 4) is 0 Å². The molecule has 0 aromatic carbocycles. The maximum atomic E-state index is 4.60. The summed E-state index contributed by atoms with van der Waals surface area (Å²) in [6.45, 7) is 2.15. The molecule has 0 bridgehead atoms. The summed E-state index contributed by atoms with van der Waals surface area (Å²) in [5.41, 5.74) is 3.45. The fraction of sp³-hybridized carbons (Fsp3) is 0.455. The van der Waals surface area contributed by atoms with Gasteiger partial charge in [0.25, 0.3) is 0 Å². The second-order valence-corrected chi connectivity index (χ2v) is 3.90. The van der Waals surface area contributed by atoms with E-state index in [9.17, 15) is 0 Å². The fourth-order valence-electron chi connectivity index (χ4n) is 1.81. The van der Waals surface area contributed by atoms with Gasteiger partial charge in [-0.15, -0.1) is 0 Å². The van der Waals surface area contributed by atoms with Crippen LogP contribution in [0.2, 0.25) is 0 Å². The van der Waals surface area contributed by atoms with Crippen molar-refractivity contribution in [2.24, 2.45) is 0 Å². The maximum Gasteiger partial charge on any atom is 0.155 e. The van der Waals surface area contributed by atoms with Crippen LogP contribution in [0.1, 0.15) is 37.1 Å². The molecular weight excluding hydrogens is 174 g/mol.